The molecule has 0 heterocycles. The molecule has 2 rings (SSSR count). The van der Waals surface area contributed by atoms with Crippen LogP contribution < -0.4 is 5.73 Å². The summed E-state index contributed by atoms with van der Waals surface area (Å²) in [4.78, 5) is 0. The summed E-state index contributed by atoms with van der Waals surface area (Å²) in [6.07, 6.45) is 1.94. The quantitative estimate of drug-likeness (QED) is 0.820. The second-order valence-corrected chi connectivity index (χ2v) is 6.07. The summed E-state index contributed by atoms with van der Waals surface area (Å²) >= 11 is 7.04. The predicted molar refractivity (Wildman–Crippen MR) is 83.5 cm³/mol. The standard InChI is InChI=1S/C15H15Br2N/c16-12-7-8-14(17)13(10-12)15(18)9-6-11-4-2-1-3-5-11/h1-5,7-8,10,15H,6,9,18H2. The Labute approximate surface area is 125 Å². The lowest BCUT2D eigenvalue weighted by molar-refractivity contribution is 0.648. The van der Waals surface area contributed by atoms with Crippen LogP contribution in [0.5, 0.6) is 0 Å². The number of nitrogens with two attached hydrogens (primary N) is 1. The lowest BCUT2D eigenvalue weighted by Crippen LogP contribution is -2.12. The minimum atomic E-state index is 0.0529. The van der Waals surface area contributed by atoms with Gasteiger partial charge in [0.25, 0.3) is 0 Å². The molecule has 0 spiro atoms. The maximum Gasteiger partial charge on any atom is 0.0309 e. The maximum atomic E-state index is 6.26. The topological polar surface area (TPSA) is 26.0 Å². The van der Waals surface area contributed by atoms with Gasteiger partial charge in [-0.25, -0.2) is 0 Å². The zero-order chi connectivity index (χ0) is 13.0. The second kappa shape index (κ2) is 6.50. The fourth-order valence-electron chi connectivity index (χ4n) is 1.92. The van der Waals surface area contributed by atoms with E-state index in [4.69, 9.17) is 5.73 Å². The van der Waals surface area contributed by atoms with Gasteiger partial charge in [0.2, 0.25) is 0 Å². The Bertz CT molecular complexity index is 511. The van der Waals surface area contributed by atoms with Crippen molar-refractivity contribution in [3.8, 4) is 0 Å². The van der Waals surface area contributed by atoms with Crippen LogP contribution in [0.25, 0.3) is 0 Å². The molecule has 0 aromatic heterocycles. The molecule has 0 radical (unpaired) electrons. The third kappa shape index (κ3) is 3.67. The summed E-state index contributed by atoms with van der Waals surface area (Å²) in [5.41, 5.74) is 8.75. The number of hydrogen-bond donors (Lipinski definition) is 1. The smallest absolute Gasteiger partial charge is 0.0309 e. The number of rotatable bonds is 4. The van der Waals surface area contributed by atoms with Crippen molar-refractivity contribution in [1.29, 1.82) is 0 Å². The van der Waals surface area contributed by atoms with Crippen LogP contribution >= 0.6 is 31.9 Å². The van der Waals surface area contributed by atoms with E-state index in [0.717, 1.165) is 27.4 Å². The molecule has 0 aliphatic heterocycles. The van der Waals surface area contributed by atoms with Crippen LogP contribution in [0.3, 0.4) is 0 Å². The Morgan fingerprint density at radius 2 is 1.72 bits per heavy atom. The van der Waals surface area contributed by atoms with Crippen LogP contribution in [0.4, 0.5) is 0 Å². The van der Waals surface area contributed by atoms with Gasteiger partial charge < -0.3 is 5.73 Å². The van der Waals surface area contributed by atoms with E-state index in [1.807, 2.05) is 18.2 Å². The van der Waals surface area contributed by atoms with Crippen LogP contribution in [0, 0.1) is 0 Å². The molecule has 2 N–H and O–H groups in total. The molecule has 1 unspecified atom stereocenters. The van der Waals surface area contributed by atoms with Gasteiger partial charge in [-0.3, -0.25) is 0 Å². The average molecular weight is 369 g/mol. The highest BCUT2D eigenvalue weighted by Crippen LogP contribution is 2.28. The van der Waals surface area contributed by atoms with Crippen LogP contribution in [0.1, 0.15) is 23.6 Å². The molecule has 0 bridgehead atoms. The van der Waals surface area contributed by atoms with Gasteiger partial charge in [-0.2, -0.15) is 0 Å². The lowest BCUT2D eigenvalue weighted by Gasteiger charge is -2.14. The first-order chi connectivity index (χ1) is 8.66. The number of halogens is 2. The summed E-state index contributed by atoms with van der Waals surface area (Å²) in [6.45, 7) is 0. The van der Waals surface area contributed by atoms with E-state index in [1.165, 1.54) is 5.56 Å². The molecule has 0 saturated heterocycles. The monoisotopic (exact) mass is 367 g/mol. The molecule has 0 amide bonds. The van der Waals surface area contributed by atoms with Crippen molar-refractivity contribution < 1.29 is 0 Å². The fraction of sp³-hybridized carbons (Fsp3) is 0.200. The zero-order valence-electron chi connectivity index (χ0n) is 9.94. The summed E-state index contributed by atoms with van der Waals surface area (Å²) < 4.78 is 2.14. The van der Waals surface area contributed by atoms with Crippen molar-refractivity contribution in [2.45, 2.75) is 18.9 Å². The maximum absolute atomic E-state index is 6.26. The van der Waals surface area contributed by atoms with Gasteiger partial charge in [0, 0.05) is 15.0 Å². The molecule has 2 aromatic carbocycles. The normalized spacial score (nSPS) is 12.4. The second-order valence-electron chi connectivity index (χ2n) is 4.30. The van der Waals surface area contributed by atoms with Crippen molar-refractivity contribution in [2.24, 2.45) is 5.73 Å². The molecule has 3 heteroatoms. The van der Waals surface area contributed by atoms with Crippen molar-refractivity contribution in [2.75, 3.05) is 0 Å². The molecule has 1 atom stereocenters. The molecule has 1 nitrogen and oxygen atoms in total. The van der Waals surface area contributed by atoms with Crippen LogP contribution in [-0.2, 0) is 6.42 Å². The highest BCUT2D eigenvalue weighted by Gasteiger charge is 2.10. The first-order valence-electron chi connectivity index (χ1n) is 5.91. The van der Waals surface area contributed by atoms with Crippen LogP contribution in [0.15, 0.2) is 57.5 Å². The van der Waals surface area contributed by atoms with Gasteiger partial charge >= 0.3 is 0 Å². The predicted octanol–water partition coefficient (Wildman–Crippen LogP) is 4.84. The molecule has 18 heavy (non-hydrogen) atoms. The Morgan fingerprint density at radius 1 is 1.00 bits per heavy atom. The molecule has 0 aliphatic rings. The van der Waals surface area contributed by atoms with Gasteiger partial charge in [-0.1, -0.05) is 62.2 Å². The Kier molecular flexibility index (Phi) is 4.98. The van der Waals surface area contributed by atoms with E-state index in [1.54, 1.807) is 0 Å². The number of hydrogen-bond acceptors (Lipinski definition) is 1. The SMILES string of the molecule is NC(CCc1ccccc1)c1cc(Br)ccc1Br. The first-order valence-corrected chi connectivity index (χ1v) is 7.50. The zero-order valence-corrected chi connectivity index (χ0v) is 13.1. The minimum absolute atomic E-state index is 0.0529. The largest absolute Gasteiger partial charge is 0.324 e. The fourth-order valence-corrected chi connectivity index (χ4v) is 2.84. The van der Waals surface area contributed by atoms with Crippen molar-refractivity contribution in [3.05, 3.63) is 68.6 Å². The molecule has 0 fully saturated rings. The van der Waals surface area contributed by atoms with E-state index >= 15 is 0 Å². The van der Waals surface area contributed by atoms with E-state index in [-0.39, 0.29) is 6.04 Å². The van der Waals surface area contributed by atoms with Crippen molar-refractivity contribution in [3.63, 3.8) is 0 Å². The minimum Gasteiger partial charge on any atom is -0.324 e. The van der Waals surface area contributed by atoms with E-state index in [2.05, 4.69) is 62.2 Å². The van der Waals surface area contributed by atoms with Crippen molar-refractivity contribution in [1.82, 2.24) is 0 Å². The highest BCUT2D eigenvalue weighted by molar-refractivity contribution is 9.11. The van der Waals surface area contributed by atoms with Gasteiger partial charge in [0.05, 0.1) is 0 Å². The molecule has 0 aliphatic carbocycles. The van der Waals surface area contributed by atoms with E-state index in [0.29, 0.717) is 0 Å². The van der Waals surface area contributed by atoms with Crippen LogP contribution in [-0.4, -0.2) is 0 Å². The summed E-state index contributed by atoms with van der Waals surface area (Å²) in [5.74, 6) is 0. The average Bonchev–Trinajstić information content (AvgIpc) is 2.40. The Morgan fingerprint density at radius 3 is 2.44 bits per heavy atom. The summed E-state index contributed by atoms with van der Waals surface area (Å²) in [5, 5.41) is 0. The molecular weight excluding hydrogens is 354 g/mol. The van der Waals surface area contributed by atoms with Gasteiger partial charge in [-0.05, 0) is 42.2 Å². The molecular formula is C15H15Br2N. The molecule has 2 aromatic rings. The van der Waals surface area contributed by atoms with E-state index in [9.17, 15) is 0 Å². The summed E-state index contributed by atoms with van der Waals surface area (Å²) in [7, 11) is 0. The third-order valence-electron chi connectivity index (χ3n) is 2.94. The molecule has 0 saturated carbocycles. The third-order valence-corrected chi connectivity index (χ3v) is 4.16. The van der Waals surface area contributed by atoms with Gasteiger partial charge in [-0.15, -0.1) is 0 Å². The van der Waals surface area contributed by atoms with Gasteiger partial charge in [0.1, 0.15) is 0 Å². The van der Waals surface area contributed by atoms with Crippen molar-refractivity contribution >= 4 is 31.9 Å². The first kappa shape index (κ1) is 13.8. The Balaban J connectivity index is 2.03. The lowest BCUT2D eigenvalue weighted by atomic mass is 10.00. The van der Waals surface area contributed by atoms with E-state index < -0.39 is 0 Å². The number of benzene rings is 2. The van der Waals surface area contributed by atoms with Crippen LogP contribution in [0.2, 0.25) is 0 Å². The number of aryl methyl sites for hydroxylation is 1. The van der Waals surface area contributed by atoms with Gasteiger partial charge in [0.15, 0.2) is 0 Å². The molecule has 94 valence electrons. The summed E-state index contributed by atoms with van der Waals surface area (Å²) in [6, 6.07) is 16.6. The highest BCUT2D eigenvalue weighted by atomic mass is 79.9. The Hall–Kier alpha value is -0.640.